The average molecular weight is 345 g/mol. The lowest BCUT2D eigenvalue weighted by Crippen LogP contribution is -2.26. The standard InChI is InChI=1S/C18H17ClN2OS/c1-12(13-5-4-6-14(19)11-13)20-17(22)9-10-18-21-15-7-2-3-8-16(15)23-18/h2-8,11-12H,9-10H2,1H3,(H,20,22)/t12-/m0/s1. The molecule has 0 aliphatic carbocycles. The maximum absolute atomic E-state index is 12.1. The summed E-state index contributed by atoms with van der Waals surface area (Å²) >= 11 is 7.63. The average Bonchev–Trinajstić information content (AvgIpc) is 2.96. The molecule has 0 aliphatic heterocycles. The second-order valence-electron chi connectivity index (χ2n) is 5.42. The van der Waals surface area contributed by atoms with Gasteiger partial charge in [0.05, 0.1) is 21.3 Å². The Morgan fingerprint density at radius 1 is 1.26 bits per heavy atom. The van der Waals surface area contributed by atoms with E-state index in [1.807, 2.05) is 49.4 Å². The van der Waals surface area contributed by atoms with Gasteiger partial charge < -0.3 is 5.32 Å². The number of hydrogen-bond donors (Lipinski definition) is 1. The second kappa shape index (κ2) is 7.11. The first-order valence-corrected chi connectivity index (χ1v) is 8.70. The number of halogens is 1. The predicted octanol–water partition coefficient (Wildman–Crippen LogP) is 4.76. The summed E-state index contributed by atoms with van der Waals surface area (Å²) in [5.41, 5.74) is 2.01. The van der Waals surface area contributed by atoms with Crippen molar-refractivity contribution in [1.82, 2.24) is 10.3 Å². The Kier molecular flexibility index (Phi) is 4.94. The lowest BCUT2D eigenvalue weighted by atomic mass is 10.1. The number of nitrogens with zero attached hydrogens (tertiary/aromatic N) is 1. The Bertz CT molecular complexity index is 798. The molecule has 0 saturated carbocycles. The minimum atomic E-state index is -0.0587. The van der Waals surface area contributed by atoms with Gasteiger partial charge in [0, 0.05) is 17.9 Å². The van der Waals surface area contributed by atoms with Gasteiger partial charge in [-0.15, -0.1) is 11.3 Å². The molecule has 0 saturated heterocycles. The summed E-state index contributed by atoms with van der Waals surface area (Å²) in [7, 11) is 0. The topological polar surface area (TPSA) is 42.0 Å². The van der Waals surface area contributed by atoms with E-state index in [1.54, 1.807) is 11.3 Å². The molecule has 2 aromatic carbocycles. The van der Waals surface area contributed by atoms with Gasteiger partial charge in [-0.1, -0.05) is 35.9 Å². The zero-order valence-corrected chi connectivity index (χ0v) is 14.3. The number of amides is 1. The van der Waals surface area contributed by atoms with Crippen LogP contribution >= 0.6 is 22.9 Å². The third-order valence-electron chi connectivity index (χ3n) is 3.63. The van der Waals surface area contributed by atoms with Crippen LogP contribution in [0.1, 0.15) is 30.0 Å². The van der Waals surface area contributed by atoms with E-state index >= 15 is 0 Å². The number of para-hydroxylation sites is 1. The third-order valence-corrected chi connectivity index (χ3v) is 4.96. The van der Waals surface area contributed by atoms with Crippen LogP contribution in [-0.2, 0) is 11.2 Å². The highest BCUT2D eigenvalue weighted by molar-refractivity contribution is 7.18. The zero-order valence-electron chi connectivity index (χ0n) is 12.8. The normalized spacial score (nSPS) is 12.3. The van der Waals surface area contributed by atoms with Gasteiger partial charge in [-0.2, -0.15) is 0 Å². The van der Waals surface area contributed by atoms with E-state index in [0.29, 0.717) is 17.9 Å². The van der Waals surface area contributed by atoms with Crippen molar-refractivity contribution in [2.45, 2.75) is 25.8 Å². The summed E-state index contributed by atoms with van der Waals surface area (Å²) in [6.07, 6.45) is 1.10. The lowest BCUT2D eigenvalue weighted by molar-refractivity contribution is -0.121. The Hall–Kier alpha value is -1.91. The van der Waals surface area contributed by atoms with Gasteiger partial charge in [0.1, 0.15) is 0 Å². The van der Waals surface area contributed by atoms with Crippen LogP contribution < -0.4 is 5.32 Å². The monoisotopic (exact) mass is 344 g/mol. The molecule has 1 heterocycles. The molecule has 1 amide bonds. The van der Waals surface area contributed by atoms with E-state index in [1.165, 1.54) is 0 Å². The maximum atomic E-state index is 12.1. The molecule has 0 spiro atoms. The molecular formula is C18H17ClN2OS. The minimum Gasteiger partial charge on any atom is -0.350 e. The molecule has 5 heteroatoms. The molecule has 118 valence electrons. The number of benzene rings is 2. The van der Waals surface area contributed by atoms with E-state index in [-0.39, 0.29) is 11.9 Å². The molecule has 0 radical (unpaired) electrons. The van der Waals surface area contributed by atoms with Crippen LogP contribution in [0, 0.1) is 0 Å². The van der Waals surface area contributed by atoms with E-state index in [2.05, 4.69) is 16.4 Å². The Morgan fingerprint density at radius 3 is 2.87 bits per heavy atom. The summed E-state index contributed by atoms with van der Waals surface area (Å²) in [6.45, 7) is 1.96. The minimum absolute atomic E-state index is 0.0248. The van der Waals surface area contributed by atoms with Crippen molar-refractivity contribution in [3.63, 3.8) is 0 Å². The molecule has 1 atom stereocenters. The third kappa shape index (κ3) is 4.09. The van der Waals surface area contributed by atoms with Crippen molar-refractivity contribution < 1.29 is 4.79 Å². The van der Waals surface area contributed by atoms with Crippen LogP contribution in [-0.4, -0.2) is 10.9 Å². The molecule has 23 heavy (non-hydrogen) atoms. The van der Waals surface area contributed by atoms with Gasteiger partial charge in [-0.05, 0) is 36.8 Å². The van der Waals surface area contributed by atoms with Crippen LogP contribution in [0.2, 0.25) is 5.02 Å². The van der Waals surface area contributed by atoms with E-state index < -0.39 is 0 Å². The Morgan fingerprint density at radius 2 is 2.09 bits per heavy atom. The highest BCUT2D eigenvalue weighted by atomic mass is 35.5. The fraction of sp³-hybridized carbons (Fsp3) is 0.222. The first-order valence-electron chi connectivity index (χ1n) is 7.51. The van der Waals surface area contributed by atoms with Crippen LogP contribution in [0.3, 0.4) is 0 Å². The van der Waals surface area contributed by atoms with Gasteiger partial charge in [0.25, 0.3) is 0 Å². The Balaban J connectivity index is 1.57. The molecule has 3 rings (SSSR count). The molecule has 0 bridgehead atoms. The fourth-order valence-corrected chi connectivity index (χ4v) is 3.59. The van der Waals surface area contributed by atoms with Gasteiger partial charge >= 0.3 is 0 Å². The number of fused-ring (bicyclic) bond motifs is 1. The van der Waals surface area contributed by atoms with Crippen LogP contribution in [0.5, 0.6) is 0 Å². The molecule has 3 nitrogen and oxygen atoms in total. The number of nitrogens with one attached hydrogen (secondary N) is 1. The van der Waals surface area contributed by atoms with Crippen molar-refractivity contribution in [1.29, 1.82) is 0 Å². The summed E-state index contributed by atoms with van der Waals surface area (Å²) in [5.74, 6) is 0.0248. The van der Waals surface area contributed by atoms with Gasteiger partial charge in [0.15, 0.2) is 0 Å². The van der Waals surface area contributed by atoms with Crippen molar-refractivity contribution in [3.05, 3.63) is 64.1 Å². The maximum Gasteiger partial charge on any atom is 0.220 e. The lowest BCUT2D eigenvalue weighted by Gasteiger charge is -2.14. The van der Waals surface area contributed by atoms with Gasteiger partial charge in [-0.25, -0.2) is 4.98 Å². The molecule has 0 fully saturated rings. The first kappa shape index (κ1) is 16.0. The number of thiazole rings is 1. The molecule has 1 aromatic heterocycles. The SMILES string of the molecule is C[C@H](NC(=O)CCc1nc2ccccc2s1)c1cccc(Cl)c1. The predicted molar refractivity (Wildman–Crippen MR) is 96.0 cm³/mol. The van der Waals surface area contributed by atoms with E-state index in [9.17, 15) is 4.79 Å². The largest absolute Gasteiger partial charge is 0.350 e. The quantitative estimate of drug-likeness (QED) is 0.725. The summed E-state index contributed by atoms with van der Waals surface area (Å²) in [5, 5.41) is 4.68. The smallest absolute Gasteiger partial charge is 0.220 e. The van der Waals surface area contributed by atoms with E-state index in [4.69, 9.17) is 11.6 Å². The number of carbonyl (C=O) groups excluding carboxylic acids is 1. The molecule has 1 N–H and O–H groups in total. The number of carbonyl (C=O) groups is 1. The van der Waals surface area contributed by atoms with Crippen molar-refractivity contribution >= 4 is 39.1 Å². The highest BCUT2D eigenvalue weighted by Crippen LogP contribution is 2.22. The summed E-state index contributed by atoms with van der Waals surface area (Å²) < 4.78 is 1.16. The molecule has 0 unspecified atom stereocenters. The van der Waals surface area contributed by atoms with Gasteiger partial charge in [-0.3, -0.25) is 4.79 Å². The summed E-state index contributed by atoms with van der Waals surface area (Å²) in [6, 6.07) is 15.5. The number of hydrogen-bond acceptors (Lipinski definition) is 3. The first-order chi connectivity index (χ1) is 11.1. The van der Waals surface area contributed by atoms with Crippen LogP contribution in [0.4, 0.5) is 0 Å². The number of aryl methyl sites for hydroxylation is 1. The zero-order chi connectivity index (χ0) is 16.2. The number of rotatable bonds is 5. The van der Waals surface area contributed by atoms with Crippen molar-refractivity contribution in [3.8, 4) is 0 Å². The molecular weight excluding hydrogens is 328 g/mol. The highest BCUT2D eigenvalue weighted by Gasteiger charge is 2.11. The van der Waals surface area contributed by atoms with Crippen LogP contribution in [0.25, 0.3) is 10.2 Å². The van der Waals surface area contributed by atoms with Crippen molar-refractivity contribution in [2.75, 3.05) is 0 Å². The van der Waals surface area contributed by atoms with Crippen LogP contribution in [0.15, 0.2) is 48.5 Å². The van der Waals surface area contributed by atoms with E-state index in [0.717, 1.165) is 20.8 Å². The van der Waals surface area contributed by atoms with Crippen molar-refractivity contribution in [2.24, 2.45) is 0 Å². The molecule has 3 aromatic rings. The summed E-state index contributed by atoms with van der Waals surface area (Å²) in [4.78, 5) is 16.7. The van der Waals surface area contributed by atoms with Gasteiger partial charge in [0.2, 0.25) is 5.91 Å². The second-order valence-corrected chi connectivity index (χ2v) is 6.97. The molecule has 0 aliphatic rings. The fourth-order valence-electron chi connectivity index (χ4n) is 2.42. The number of aromatic nitrogens is 1. The Labute approximate surface area is 144 Å².